The zero-order valence-corrected chi connectivity index (χ0v) is 21.0. The largest absolute Gasteiger partial charge is 0.382 e. The van der Waals surface area contributed by atoms with Gasteiger partial charge >= 0.3 is 6.03 Å². The summed E-state index contributed by atoms with van der Waals surface area (Å²) in [5.74, 6) is 1.57. The number of hydrogen-bond acceptors (Lipinski definition) is 4. The average Bonchev–Trinajstić information content (AvgIpc) is 3.21. The number of rotatable bonds is 15. The highest BCUT2D eigenvalue weighted by Gasteiger charge is 2.16. The fraction of sp³-hybridized carbons (Fsp3) is 0.593. The first-order chi connectivity index (χ1) is 16.7. The van der Waals surface area contributed by atoms with E-state index in [4.69, 9.17) is 10.7 Å². The van der Waals surface area contributed by atoms with Gasteiger partial charge in [-0.1, -0.05) is 70.6 Å². The Morgan fingerprint density at radius 2 is 1.56 bits per heavy atom. The zero-order chi connectivity index (χ0) is 24.2. The summed E-state index contributed by atoms with van der Waals surface area (Å²) >= 11 is 0. The van der Waals surface area contributed by atoms with Crippen LogP contribution < -0.4 is 16.4 Å². The van der Waals surface area contributed by atoms with E-state index >= 15 is 0 Å². The zero-order valence-electron chi connectivity index (χ0n) is 21.0. The molecule has 7 heteroatoms. The highest BCUT2D eigenvalue weighted by atomic mass is 16.2. The number of amides is 2. The van der Waals surface area contributed by atoms with Crippen LogP contribution in [0.4, 0.5) is 10.6 Å². The molecule has 186 valence electrons. The van der Waals surface area contributed by atoms with Gasteiger partial charge in [0, 0.05) is 31.4 Å². The maximum absolute atomic E-state index is 12.0. The third kappa shape index (κ3) is 7.08. The van der Waals surface area contributed by atoms with E-state index in [1.54, 1.807) is 0 Å². The normalized spacial score (nSPS) is 11.4. The Morgan fingerprint density at radius 3 is 2.32 bits per heavy atom. The fourth-order valence-electron chi connectivity index (χ4n) is 4.44. The Balaban J connectivity index is 1.52. The third-order valence-corrected chi connectivity index (χ3v) is 6.35. The molecule has 0 radical (unpaired) electrons. The van der Waals surface area contributed by atoms with Crippen molar-refractivity contribution in [2.75, 3.05) is 18.8 Å². The smallest absolute Gasteiger partial charge is 0.314 e. The van der Waals surface area contributed by atoms with Crippen LogP contribution in [-0.2, 0) is 13.0 Å². The minimum atomic E-state index is -0.0601. The number of pyridine rings is 1. The number of aromatic nitrogens is 3. The number of carbonyl (C=O) groups is 1. The van der Waals surface area contributed by atoms with Gasteiger partial charge < -0.3 is 20.9 Å². The summed E-state index contributed by atoms with van der Waals surface area (Å²) in [5.41, 5.74) is 9.07. The third-order valence-electron chi connectivity index (χ3n) is 6.35. The van der Waals surface area contributed by atoms with Crippen LogP contribution in [0.3, 0.4) is 0 Å². The molecule has 0 aliphatic carbocycles. The highest BCUT2D eigenvalue weighted by molar-refractivity contribution is 6.06. The summed E-state index contributed by atoms with van der Waals surface area (Å²) in [5, 5.41) is 7.06. The quantitative estimate of drug-likeness (QED) is 0.241. The molecule has 3 aromatic rings. The Labute approximate surface area is 203 Å². The van der Waals surface area contributed by atoms with E-state index in [1.807, 2.05) is 18.2 Å². The van der Waals surface area contributed by atoms with E-state index in [0.29, 0.717) is 12.4 Å². The van der Waals surface area contributed by atoms with Gasteiger partial charge in [-0.25, -0.2) is 14.8 Å². The number of para-hydroxylation sites is 1. The number of nitrogen functional groups attached to an aromatic ring is 1. The molecular weight excluding hydrogens is 424 g/mol. The molecule has 0 aliphatic heterocycles. The van der Waals surface area contributed by atoms with Gasteiger partial charge in [-0.05, 0) is 31.7 Å². The number of imidazole rings is 1. The lowest BCUT2D eigenvalue weighted by Crippen LogP contribution is -2.36. The summed E-state index contributed by atoms with van der Waals surface area (Å²) in [6.45, 7) is 6.70. The minimum absolute atomic E-state index is 0.0601. The van der Waals surface area contributed by atoms with Crippen LogP contribution in [-0.4, -0.2) is 33.7 Å². The summed E-state index contributed by atoms with van der Waals surface area (Å²) in [6.07, 6.45) is 12.4. The Bertz CT molecular complexity index is 1040. The number of fused-ring (bicyclic) bond motifs is 3. The van der Waals surface area contributed by atoms with Crippen LogP contribution in [0.2, 0.25) is 0 Å². The number of hydrogen-bond donors (Lipinski definition) is 3. The van der Waals surface area contributed by atoms with Crippen molar-refractivity contribution in [3.05, 3.63) is 30.1 Å². The Morgan fingerprint density at radius 1 is 0.882 bits per heavy atom. The van der Waals surface area contributed by atoms with Crippen LogP contribution in [0.1, 0.15) is 83.9 Å². The van der Waals surface area contributed by atoms with Crippen molar-refractivity contribution in [2.45, 2.75) is 91.0 Å². The minimum Gasteiger partial charge on any atom is -0.382 e. The molecular formula is C27H42N6O. The van der Waals surface area contributed by atoms with Crippen LogP contribution in [0.25, 0.3) is 21.9 Å². The Kier molecular flexibility index (Phi) is 10.4. The average molecular weight is 467 g/mol. The monoisotopic (exact) mass is 466 g/mol. The molecule has 4 N–H and O–H groups in total. The number of nitrogens with zero attached hydrogens (tertiary/aromatic N) is 3. The summed E-state index contributed by atoms with van der Waals surface area (Å²) in [7, 11) is 0. The number of nitrogens with one attached hydrogen (secondary N) is 2. The molecule has 2 aromatic heterocycles. The van der Waals surface area contributed by atoms with Gasteiger partial charge in [-0.15, -0.1) is 0 Å². The van der Waals surface area contributed by atoms with E-state index in [1.165, 1.54) is 32.1 Å². The number of anilines is 1. The summed E-state index contributed by atoms with van der Waals surface area (Å²) < 4.78 is 2.32. The number of aryl methyl sites for hydroxylation is 2. The predicted molar refractivity (Wildman–Crippen MR) is 142 cm³/mol. The molecule has 2 heterocycles. The lowest BCUT2D eigenvalue weighted by Gasteiger charge is -2.11. The second-order valence-electron chi connectivity index (χ2n) is 9.15. The van der Waals surface area contributed by atoms with Crippen LogP contribution in [0.5, 0.6) is 0 Å². The van der Waals surface area contributed by atoms with Crippen LogP contribution in [0, 0.1) is 0 Å². The molecule has 0 saturated carbocycles. The van der Waals surface area contributed by atoms with Gasteiger partial charge in [0.25, 0.3) is 0 Å². The fourth-order valence-corrected chi connectivity index (χ4v) is 4.44. The number of urea groups is 1. The molecule has 0 atom stereocenters. The van der Waals surface area contributed by atoms with Crippen molar-refractivity contribution in [1.29, 1.82) is 0 Å². The summed E-state index contributed by atoms with van der Waals surface area (Å²) in [6, 6.07) is 8.07. The predicted octanol–water partition coefficient (Wildman–Crippen LogP) is 5.95. The standard InChI is InChI=1S/C27H42N6O/c1-3-5-7-8-9-12-18-29-27(34)30-19-13-14-20-33-23(17-6-4-2)32-24-25(33)21-15-10-11-16-22(21)31-26(24)28/h10-11,15-16H,3-9,12-14,17-20H2,1-2H3,(H2,28,31)(H2,29,30,34). The molecule has 1 aromatic carbocycles. The lowest BCUT2D eigenvalue weighted by molar-refractivity contribution is 0.240. The summed E-state index contributed by atoms with van der Waals surface area (Å²) in [4.78, 5) is 21.5. The van der Waals surface area contributed by atoms with Crippen molar-refractivity contribution in [3.63, 3.8) is 0 Å². The van der Waals surface area contributed by atoms with Gasteiger partial charge in [0.2, 0.25) is 0 Å². The van der Waals surface area contributed by atoms with Crippen molar-refractivity contribution < 1.29 is 4.79 Å². The number of benzene rings is 1. The number of nitrogens with two attached hydrogens (primary N) is 1. The van der Waals surface area contributed by atoms with Crippen molar-refractivity contribution >= 4 is 33.8 Å². The maximum Gasteiger partial charge on any atom is 0.314 e. The van der Waals surface area contributed by atoms with Gasteiger partial charge in [0.15, 0.2) is 5.82 Å². The van der Waals surface area contributed by atoms with E-state index in [0.717, 1.165) is 79.4 Å². The molecule has 7 nitrogen and oxygen atoms in total. The van der Waals surface area contributed by atoms with Crippen LogP contribution in [0.15, 0.2) is 24.3 Å². The first kappa shape index (κ1) is 25.8. The SMILES string of the molecule is CCCCCCCCNC(=O)NCCCCn1c(CCCC)nc2c(N)nc3ccccc3c21. The second kappa shape index (κ2) is 13.8. The highest BCUT2D eigenvalue weighted by Crippen LogP contribution is 2.29. The molecule has 2 amide bonds. The maximum atomic E-state index is 12.0. The van der Waals surface area contributed by atoms with Gasteiger partial charge in [-0.3, -0.25) is 0 Å². The molecule has 0 spiro atoms. The topological polar surface area (TPSA) is 97.9 Å². The first-order valence-corrected chi connectivity index (χ1v) is 13.2. The van der Waals surface area contributed by atoms with Crippen molar-refractivity contribution in [1.82, 2.24) is 25.2 Å². The number of unbranched alkanes of at least 4 members (excludes halogenated alkanes) is 7. The molecule has 0 unspecified atom stereocenters. The van der Waals surface area contributed by atoms with E-state index in [9.17, 15) is 4.79 Å². The van der Waals surface area contributed by atoms with Gasteiger partial charge in [0.05, 0.1) is 11.0 Å². The van der Waals surface area contributed by atoms with Crippen molar-refractivity contribution in [3.8, 4) is 0 Å². The second-order valence-corrected chi connectivity index (χ2v) is 9.15. The molecule has 0 fully saturated rings. The van der Waals surface area contributed by atoms with Crippen LogP contribution >= 0.6 is 0 Å². The lowest BCUT2D eigenvalue weighted by atomic mass is 10.1. The molecule has 0 saturated heterocycles. The Hall–Kier alpha value is -2.83. The first-order valence-electron chi connectivity index (χ1n) is 13.2. The number of carbonyl (C=O) groups excluding carboxylic acids is 1. The molecule has 34 heavy (non-hydrogen) atoms. The van der Waals surface area contributed by atoms with E-state index in [2.05, 4.69) is 40.1 Å². The van der Waals surface area contributed by atoms with E-state index < -0.39 is 0 Å². The molecule has 0 bridgehead atoms. The van der Waals surface area contributed by atoms with Crippen molar-refractivity contribution in [2.24, 2.45) is 0 Å². The molecule has 3 rings (SSSR count). The van der Waals surface area contributed by atoms with Gasteiger partial charge in [-0.2, -0.15) is 0 Å². The molecule has 0 aliphatic rings. The van der Waals surface area contributed by atoms with E-state index in [-0.39, 0.29) is 6.03 Å². The van der Waals surface area contributed by atoms with Gasteiger partial charge in [0.1, 0.15) is 11.3 Å².